The molecule has 3 rings (SSSR count). The van der Waals surface area contributed by atoms with E-state index in [0.29, 0.717) is 37.1 Å². The average molecular weight is 403 g/mol. The maximum absolute atomic E-state index is 13.1. The van der Waals surface area contributed by atoms with Gasteiger partial charge < -0.3 is 19.3 Å². The van der Waals surface area contributed by atoms with E-state index in [1.807, 2.05) is 28.0 Å². The van der Waals surface area contributed by atoms with Crippen LogP contribution in [0, 0.1) is 5.92 Å². The summed E-state index contributed by atoms with van der Waals surface area (Å²) in [5.41, 5.74) is 1.09. The van der Waals surface area contributed by atoms with Crippen LogP contribution in [-0.4, -0.2) is 61.5 Å². The molecular weight excluding hydrogens is 368 g/mol. The minimum Gasteiger partial charge on any atom is -0.493 e. The fourth-order valence-corrected chi connectivity index (χ4v) is 4.68. The van der Waals surface area contributed by atoms with Crippen molar-refractivity contribution < 1.29 is 19.1 Å². The van der Waals surface area contributed by atoms with E-state index in [-0.39, 0.29) is 17.7 Å². The van der Waals surface area contributed by atoms with Crippen LogP contribution in [0.2, 0.25) is 0 Å². The van der Waals surface area contributed by atoms with Gasteiger partial charge in [-0.2, -0.15) is 0 Å². The monoisotopic (exact) mass is 402 g/mol. The van der Waals surface area contributed by atoms with Crippen molar-refractivity contribution in [3.05, 3.63) is 23.8 Å². The lowest BCUT2D eigenvalue weighted by atomic mass is 9.93. The Bertz CT molecular complexity index is 715. The molecule has 2 aliphatic rings. The lowest BCUT2D eigenvalue weighted by Gasteiger charge is -2.35. The Kier molecular flexibility index (Phi) is 7.40. The molecule has 1 saturated heterocycles. The summed E-state index contributed by atoms with van der Waals surface area (Å²) in [6.07, 6.45) is 6.95. The Morgan fingerprint density at radius 3 is 2.52 bits per heavy atom. The molecule has 160 valence electrons. The normalized spacial score (nSPS) is 20.0. The molecule has 1 aromatic carbocycles. The zero-order valence-corrected chi connectivity index (χ0v) is 18.0. The number of carbonyl (C=O) groups excluding carboxylic acids is 2. The van der Waals surface area contributed by atoms with Gasteiger partial charge in [-0.25, -0.2) is 0 Å². The third kappa shape index (κ3) is 5.03. The van der Waals surface area contributed by atoms with E-state index < -0.39 is 0 Å². The first-order valence-corrected chi connectivity index (χ1v) is 10.9. The number of hydrogen-bond donors (Lipinski definition) is 0. The number of ether oxygens (including phenoxy) is 2. The van der Waals surface area contributed by atoms with E-state index in [1.165, 1.54) is 19.3 Å². The second kappa shape index (κ2) is 9.99. The summed E-state index contributed by atoms with van der Waals surface area (Å²) in [5, 5.41) is 0. The molecule has 1 aliphatic heterocycles. The number of amides is 2. The number of carbonyl (C=O) groups is 2. The molecule has 29 heavy (non-hydrogen) atoms. The van der Waals surface area contributed by atoms with E-state index in [9.17, 15) is 9.59 Å². The van der Waals surface area contributed by atoms with Crippen molar-refractivity contribution in [2.24, 2.45) is 5.92 Å². The molecule has 0 bridgehead atoms. The Hall–Kier alpha value is -2.24. The highest BCUT2D eigenvalue weighted by atomic mass is 16.5. The van der Waals surface area contributed by atoms with E-state index >= 15 is 0 Å². The zero-order chi connectivity index (χ0) is 20.8. The van der Waals surface area contributed by atoms with Gasteiger partial charge in [-0.1, -0.05) is 25.3 Å². The van der Waals surface area contributed by atoms with Crippen LogP contribution in [0.25, 0.3) is 0 Å². The van der Waals surface area contributed by atoms with E-state index in [2.05, 4.69) is 6.92 Å². The van der Waals surface area contributed by atoms with Crippen LogP contribution in [-0.2, 0) is 16.0 Å². The molecule has 2 amide bonds. The summed E-state index contributed by atoms with van der Waals surface area (Å²) < 4.78 is 10.6. The van der Waals surface area contributed by atoms with Crippen LogP contribution < -0.4 is 9.47 Å². The van der Waals surface area contributed by atoms with Gasteiger partial charge in [-0.15, -0.1) is 0 Å². The van der Waals surface area contributed by atoms with Gasteiger partial charge in [0.25, 0.3) is 0 Å². The topological polar surface area (TPSA) is 59.1 Å². The largest absolute Gasteiger partial charge is 0.493 e. The number of rotatable bonds is 8. The van der Waals surface area contributed by atoms with Crippen LogP contribution in [0.15, 0.2) is 18.2 Å². The van der Waals surface area contributed by atoms with Gasteiger partial charge in [0, 0.05) is 32.1 Å². The minimum atomic E-state index is -0.199. The molecule has 1 unspecified atom stereocenters. The van der Waals surface area contributed by atoms with Gasteiger partial charge in [0.05, 0.1) is 20.1 Å². The van der Waals surface area contributed by atoms with Crippen molar-refractivity contribution >= 4 is 11.8 Å². The number of benzene rings is 1. The molecule has 1 heterocycles. The van der Waals surface area contributed by atoms with Crippen LogP contribution in [0.1, 0.15) is 51.0 Å². The molecule has 1 atom stereocenters. The fourth-order valence-electron chi connectivity index (χ4n) is 4.68. The fraction of sp³-hybridized carbons (Fsp3) is 0.652. The van der Waals surface area contributed by atoms with Gasteiger partial charge in [0.15, 0.2) is 11.5 Å². The SMILES string of the molecule is CCN(C(=O)C1CC(=O)N(CCc2ccc(OC)c(OC)c2)C1)C1CCCCC1. The average Bonchev–Trinajstić information content (AvgIpc) is 3.13. The van der Waals surface area contributed by atoms with Crippen molar-refractivity contribution in [3.63, 3.8) is 0 Å². The first-order valence-electron chi connectivity index (χ1n) is 10.9. The maximum atomic E-state index is 13.1. The lowest BCUT2D eigenvalue weighted by molar-refractivity contribution is -0.138. The van der Waals surface area contributed by atoms with Gasteiger partial charge in [0.1, 0.15) is 0 Å². The predicted molar refractivity (Wildman–Crippen MR) is 112 cm³/mol. The molecule has 0 spiro atoms. The highest BCUT2D eigenvalue weighted by Crippen LogP contribution is 2.29. The summed E-state index contributed by atoms with van der Waals surface area (Å²) in [6.45, 7) is 3.94. The molecule has 0 radical (unpaired) electrons. The lowest BCUT2D eigenvalue weighted by Crippen LogP contribution is -2.45. The van der Waals surface area contributed by atoms with E-state index in [4.69, 9.17) is 9.47 Å². The highest BCUT2D eigenvalue weighted by molar-refractivity contribution is 5.89. The quantitative estimate of drug-likeness (QED) is 0.670. The number of nitrogens with zero attached hydrogens (tertiary/aromatic N) is 2. The third-order valence-corrected chi connectivity index (χ3v) is 6.32. The molecule has 6 heteroatoms. The Labute approximate surface area is 174 Å². The van der Waals surface area contributed by atoms with Gasteiger partial charge in [0.2, 0.25) is 11.8 Å². The second-order valence-corrected chi connectivity index (χ2v) is 8.10. The minimum absolute atomic E-state index is 0.0866. The first-order chi connectivity index (χ1) is 14.1. The molecule has 1 saturated carbocycles. The standard InChI is InChI=1S/C23H34N2O4/c1-4-25(19-8-6-5-7-9-19)23(27)18-15-22(26)24(16-18)13-12-17-10-11-20(28-2)21(14-17)29-3/h10-11,14,18-19H,4-9,12-13,15-16H2,1-3H3. The van der Waals surface area contributed by atoms with Crippen molar-refractivity contribution in [1.82, 2.24) is 9.80 Å². The highest BCUT2D eigenvalue weighted by Gasteiger charge is 2.37. The predicted octanol–water partition coefficient (Wildman–Crippen LogP) is 3.28. The van der Waals surface area contributed by atoms with Crippen molar-refractivity contribution in [3.8, 4) is 11.5 Å². The summed E-state index contributed by atoms with van der Waals surface area (Å²) in [4.78, 5) is 29.5. The third-order valence-electron chi connectivity index (χ3n) is 6.32. The van der Waals surface area contributed by atoms with Crippen LogP contribution >= 0.6 is 0 Å². The van der Waals surface area contributed by atoms with Crippen molar-refractivity contribution in [2.75, 3.05) is 33.9 Å². The Morgan fingerprint density at radius 2 is 1.86 bits per heavy atom. The maximum Gasteiger partial charge on any atom is 0.228 e. The molecule has 1 aromatic rings. The van der Waals surface area contributed by atoms with Crippen molar-refractivity contribution in [1.29, 1.82) is 0 Å². The molecule has 1 aliphatic carbocycles. The Morgan fingerprint density at radius 1 is 1.14 bits per heavy atom. The van der Waals surface area contributed by atoms with Gasteiger partial charge >= 0.3 is 0 Å². The van der Waals surface area contributed by atoms with E-state index in [1.54, 1.807) is 14.2 Å². The summed E-state index contributed by atoms with van der Waals surface area (Å²) in [5.74, 6) is 1.44. The molecule has 2 fully saturated rings. The summed E-state index contributed by atoms with van der Waals surface area (Å²) in [7, 11) is 3.23. The van der Waals surface area contributed by atoms with Gasteiger partial charge in [-0.3, -0.25) is 9.59 Å². The summed E-state index contributed by atoms with van der Waals surface area (Å²) >= 11 is 0. The van der Waals surface area contributed by atoms with Crippen LogP contribution in [0.4, 0.5) is 0 Å². The van der Waals surface area contributed by atoms with Gasteiger partial charge in [-0.05, 0) is 43.9 Å². The van der Waals surface area contributed by atoms with Crippen LogP contribution in [0.5, 0.6) is 11.5 Å². The number of hydrogen-bond acceptors (Lipinski definition) is 4. The van der Waals surface area contributed by atoms with E-state index in [0.717, 1.165) is 31.4 Å². The molecule has 0 aromatic heterocycles. The molecular formula is C23H34N2O4. The number of likely N-dealkylation sites (tertiary alicyclic amines) is 1. The molecule has 0 N–H and O–H groups in total. The number of methoxy groups -OCH3 is 2. The smallest absolute Gasteiger partial charge is 0.228 e. The van der Waals surface area contributed by atoms with Crippen molar-refractivity contribution in [2.45, 2.75) is 57.9 Å². The second-order valence-electron chi connectivity index (χ2n) is 8.10. The Balaban J connectivity index is 1.57. The summed E-state index contributed by atoms with van der Waals surface area (Å²) in [6, 6.07) is 6.18. The van der Waals surface area contributed by atoms with Crippen LogP contribution in [0.3, 0.4) is 0 Å². The first kappa shape index (κ1) is 21.5. The molecule has 6 nitrogen and oxygen atoms in total. The zero-order valence-electron chi connectivity index (χ0n) is 18.0.